The molecular formula is C14H16Cl2N2+2. The lowest BCUT2D eigenvalue weighted by molar-refractivity contribution is -0.403. The first-order chi connectivity index (χ1) is 8.86. The zero-order valence-corrected chi connectivity index (χ0v) is 11.6. The van der Waals surface area contributed by atoms with Crippen molar-refractivity contribution in [3.8, 4) is 11.4 Å². The summed E-state index contributed by atoms with van der Waals surface area (Å²) in [4.78, 5) is 6.61. The third-order valence-corrected chi connectivity index (χ3v) is 3.24. The van der Waals surface area contributed by atoms with E-state index in [1.54, 1.807) is 0 Å². The van der Waals surface area contributed by atoms with Gasteiger partial charge in [-0.1, -0.05) is 0 Å². The second kappa shape index (κ2) is 6.72. The van der Waals surface area contributed by atoms with Gasteiger partial charge in [-0.3, -0.25) is 0 Å². The summed E-state index contributed by atoms with van der Waals surface area (Å²) in [5.41, 5.74) is 4.62. The third kappa shape index (κ3) is 3.01. The van der Waals surface area contributed by atoms with Gasteiger partial charge < -0.3 is 0 Å². The molecule has 4 heteroatoms. The molecule has 0 unspecified atom stereocenters. The van der Waals surface area contributed by atoms with Crippen molar-refractivity contribution < 1.29 is 9.97 Å². The summed E-state index contributed by atoms with van der Waals surface area (Å²) in [6.45, 7) is 0. The molecule has 18 heavy (non-hydrogen) atoms. The minimum absolute atomic E-state index is 0.614. The Labute approximate surface area is 117 Å². The number of rotatable bonds is 5. The van der Waals surface area contributed by atoms with Crippen molar-refractivity contribution in [2.24, 2.45) is 0 Å². The zero-order valence-electron chi connectivity index (χ0n) is 10.0. The van der Waals surface area contributed by atoms with Gasteiger partial charge in [0.25, 0.3) is 11.4 Å². The lowest BCUT2D eigenvalue weighted by Crippen LogP contribution is -2.19. The van der Waals surface area contributed by atoms with Crippen LogP contribution in [0.4, 0.5) is 0 Å². The SMILES string of the molecule is ClCCc1ccc[nH+]c1-c1[nH+]cccc1CCCl. The van der Waals surface area contributed by atoms with Crippen molar-refractivity contribution in [2.75, 3.05) is 11.8 Å². The Kier molecular flexibility index (Phi) is 4.97. The molecule has 2 nitrogen and oxygen atoms in total. The standard InChI is InChI=1S/C14H14Cl2N2/c15-7-5-11-3-1-9-17-13(11)14-12(6-8-16)4-2-10-18-14/h1-4,9-10H,5-8H2/p+2. The number of H-pyrrole nitrogens is 2. The van der Waals surface area contributed by atoms with Crippen molar-refractivity contribution in [1.29, 1.82) is 0 Å². The van der Waals surface area contributed by atoms with Gasteiger partial charge in [0.1, 0.15) is 0 Å². The van der Waals surface area contributed by atoms with Crippen molar-refractivity contribution in [3.63, 3.8) is 0 Å². The molecule has 0 aromatic carbocycles. The second-order valence-corrected chi connectivity index (χ2v) is 4.77. The van der Waals surface area contributed by atoms with Crippen LogP contribution < -0.4 is 9.97 Å². The van der Waals surface area contributed by atoms with Gasteiger partial charge in [-0.25, -0.2) is 9.97 Å². The van der Waals surface area contributed by atoms with Gasteiger partial charge in [-0.2, -0.15) is 0 Å². The van der Waals surface area contributed by atoms with E-state index in [1.165, 1.54) is 11.1 Å². The molecule has 94 valence electrons. The Bertz CT molecular complexity index is 467. The molecule has 0 amide bonds. The molecule has 0 fully saturated rings. The van der Waals surface area contributed by atoms with Crippen molar-refractivity contribution >= 4 is 23.2 Å². The van der Waals surface area contributed by atoms with Crippen LogP contribution in [0.2, 0.25) is 0 Å². The number of aryl methyl sites for hydroxylation is 2. The average Bonchev–Trinajstić information content (AvgIpc) is 2.41. The number of pyridine rings is 2. The number of halogens is 2. The maximum Gasteiger partial charge on any atom is 0.279 e. The average molecular weight is 283 g/mol. The van der Waals surface area contributed by atoms with Gasteiger partial charge in [0.05, 0.1) is 0 Å². The van der Waals surface area contributed by atoms with Crippen LogP contribution in [0.25, 0.3) is 11.4 Å². The van der Waals surface area contributed by atoms with E-state index in [0.717, 1.165) is 24.2 Å². The molecule has 2 N–H and O–H groups in total. The topological polar surface area (TPSA) is 28.3 Å². The van der Waals surface area contributed by atoms with Gasteiger partial charge in [0, 0.05) is 35.0 Å². The largest absolute Gasteiger partial charge is 0.279 e. The molecule has 2 aromatic rings. The van der Waals surface area contributed by atoms with Crippen LogP contribution in [0.5, 0.6) is 0 Å². The number of alkyl halides is 2. The summed E-state index contributed by atoms with van der Waals surface area (Å²) in [6.07, 6.45) is 5.55. The molecule has 2 aromatic heterocycles. The molecule has 0 spiro atoms. The van der Waals surface area contributed by atoms with Gasteiger partial charge in [0.15, 0.2) is 12.4 Å². The van der Waals surface area contributed by atoms with E-state index in [0.29, 0.717) is 11.8 Å². The Morgan fingerprint density at radius 3 is 1.61 bits per heavy atom. The molecule has 0 saturated carbocycles. The van der Waals surface area contributed by atoms with Crippen LogP contribution in [-0.4, -0.2) is 11.8 Å². The van der Waals surface area contributed by atoms with E-state index >= 15 is 0 Å². The molecule has 0 aliphatic rings. The van der Waals surface area contributed by atoms with Crippen LogP contribution in [0, 0.1) is 0 Å². The Morgan fingerprint density at radius 1 is 0.778 bits per heavy atom. The van der Waals surface area contributed by atoms with Crippen LogP contribution in [-0.2, 0) is 12.8 Å². The van der Waals surface area contributed by atoms with E-state index in [2.05, 4.69) is 22.1 Å². The third-order valence-electron chi connectivity index (χ3n) is 2.86. The second-order valence-electron chi connectivity index (χ2n) is 4.02. The van der Waals surface area contributed by atoms with Crippen LogP contribution in [0.1, 0.15) is 11.1 Å². The Balaban J connectivity index is 2.47. The molecule has 0 aliphatic heterocycles. The van der Waals surface area contributed by atoms with Crippen LogP contribution in [0.15, 0.2) is 36.7 Å². The fourth-order valence-electron chi connectivity index (χ4n) is 2.03. The first kappa shape index (κ1) is 13.3. The van der Waals surface area contributed by atoms with E-state index < -0.39 is 0 Å². The Morgan fingerprint density at radius 2 is 1.22 bits per heavy atom. The quantitative estimate of drug-likeness (QED) is 0.754. The summed E-state index contributed by atoms with van der Waals surface area (Å²) in [6, 6.07) is 8.18. The zero-order chi connectivity index (χ0) is 12.8. The first-order valence-corrected chi connectivity index (χ1v) is 7.05. The fourth-order valence-corrected chi connectivity index (χ4v) is 2.44. The summed E-state index contributed by atoms with van der Waals surface area (Å²) in [5, 5.41) is 0. The molecular weight excluding hydrogens is 267 g/mol. The smallest absolute Gasteiger partial charge is 0.206 e. The van der Waals surface area contributed by atoms with E-state index in [1.807, 2.05) is 24.5 Å². The molecule has 2 rings (SSSR count). The maximum atomic E-state index is 5.85. The molecule has 0 saturated heterocycles. The van der Waals surface area contributed by atoms with Gasteiger partial charge >= 0.3 is 0 Å². The highest BCUT2D eigenvalue weighted by Gasteiger charge is 2.21. The highest BCUT2D eigenvalue weighted by atomic mass is 35.5. The summed E-state index contributed by atoms with van der Waals surface area (Å²) >= 11 is 11.7. The molecule has 0 bridgehead atoms. The predicted octanol–water partition coefficient (Wildman–Crippen LogP) is 2.54. The van der Waals surface area contributed by atoms with Crippen molar-refractivity contribution in [1.82, 2.24) is 0 Å². The highest BCUT2D eigenvalue weighted by molar-refractivity contribution is 6.18. The lowest BCUT2D eigenvalue weighted by atomic mass is 10.0. The molecule has 0 aliphatic carbocycles. The minimum atomic E-state index is 0.614. The maximum absolute atomic E-state index is 5.85. The van der Waals surface area contributed by atoms with Gasteiger partial charge in [-0.15, -0.1) is 23.2 Å². The lowest BCUT2D eigenvalue weighted by Gasteiger charge is -2.02. The summed E-state index contributed by atoms with van der Waals surface area (Å²) in [5.74, 6) is 1.23. The van der Waals surface area contributed by atoms with E-state index in [9.17, 15) is 0 Å². The van der Waals surface area contributed by atoms with E-state index in [-0.39, 0.29) is 0 Å². The van der Waals surface area contributed by atoms with Crippen LogP contribution >= 0.6 is 23.2 Å². The monoisotopic (exact) mass is 282 g/mol. The highest BCUT2D eigenvalue weighted by Crippen LogP contribution is 2.19. The van der Waals surface area contributed by atoms with Gasteiger partial charge in [-0.05, 0) is 25.0 Å². The van der Waals surface area contributed by atoms with E-state index in [4.69, 9.17) is 23.2 Å². The predicted molar refractivity (Wildman–Crippen MR) is 73.8 cm³/mol. The Hall–Kier alpha value is -1.12. The summed E-state index contributed by atoms with van der Waals surface area (Å²) < 4.78 is 0. The fraction of sp³-hybridized carbons (Fsp3) is 0.286. The molecule has 0 atom stereocenters. The normalized spacial score (nSPS) is 10.6. The first-order valence-electron chi connectivity index (χ1n) is 5.98. The summed E-state index contributed by atoms with van der Waals surface area (Å²) in [7, 11) is 0. The number of hydrogen-bond acceptors (Lipinski definition) is 0. The minimum Gasteiger partial charge on any atom is -0.206 e. The van der Waals surface area contributed by atoms with Crippen molar-refractivity contribution in [2.45, 2.75) is 12.8 Å². The van der Waals surface area contributed by atoms with Gasteiger partial charge in [0.2, 0.25) is 0 Å². The number of nitrogens with one attached hydrogen (secondary N) is 2. The van der Waals surface area contributed by atoms with Crippen LogP contribution in [0.3, 0.4) is 0 Å². The molecule has 0 radical (unpaired) electrons. The van der Waals surface area contributed by atoms with Crippen molar-refractivity contribution in [3.05, 3.63) is 47.8 Å². The molecule has 2 heterocycles. The number of aromatic nitrogens is 2. The number of hydrogen-bond donors (Lipinski definition) is 0. The number of aromatic amines is 2.